The zero-order valence-corrected chi connectivity index (χ0v) is 16.3. The van der Waals surface area contributed by atoms with Gasteiger partial charge in [0.05, 0.1) is 5.56 Å². The summed E-state index contributed by atoms with van der Waals surface area (Å²) in [6, 6.07) is 5.78. The van der Waals surface area contributed by atoms with Gasteiger partial charge in [-0.3, -0.25) is 4.79 Å². The first-order valence-corrected chi connectivity index (χ1v) is 9.28. The van der Waals surface area contributed by atoms with Gasteiger partial charge in [-0.25, -0.2) is 9.97 Å². The fourth-order valence-corrected chi connectivity index (χ4v) is 3.24. The normalized spacial score (nSPS) is 14.9. The smallest absolute Gasteiger partial charge is 0.300 e. The number of amides is 1. The number of hydrogen-bond donors (Lipinski definition) is 0. The van der Waals surface area contributed by atoms with Crippen LogP contribution in [-0.4, -0.2) is 51.9 Å². The van der Waals surface area contributed by atoms with Gasteiger partial charge in [0.2, 0.25) is 5.65 Å². The Morgan fingerprint density at radius 1 is 1.23 bits per heavy atom. The summed E-state index contributed by atoms with van der Waals surface area (Å²) in [6.45, 7) is 4.35. The highest BCUT2D eigenvalue weighted by molar-refractivity contribution is 9.10. The van der Waals surface area contributed by atoms with E-state index in [9.17, 15) is 4.79 Å². The van der Waals surface area contributed by atoms with Crippen LogP contribution in [0.25, 0.3) is 11.2 Å². The summed E-state index contributed by atoms with van der Waals surface area (Å²) >= 11 is 9.24. The number of anilines is 1. The summed E-state index contributed by atoms with van der Waals surface area (Å²) in [5, 5.41) is 0.381. The summed E-state index contributed by atoms with van der Waals surface area (Å²) in [5.74, 6) is -0.0150. The molecular formula is C17H15BrClN5O2. The Labute approximate surface area is 163 Å². The van der Waals surface area contributed by atoms with E-state index in [0.717, 1.165) is 10.2 Å². The second-order valence-corrected chi connectivity index (χ2v) is 7.20. The maximum atomic E-state index is 12.7. The molecule has 0 unspecified atom stereocenters. The Hall–Kier alpha value is -2.19. The number of oxazole rings is 1. The summed E-state index contributed by atoms with van der Waals surface area (Å²) in [4.78, 5) is 29.2. The van der Waals surface area contributed by atoms with E-state index in [1.54, 1.807) is 18.3 Å². The summed E-state index contributed by atoms with van der Waals surface area (Å²) in [5.41, 5.74) is 2.62. The second kappa shape index (κ2) is 6.85. The van der Waals surface area contributed by atoms with Crippen molar-refractivity contribution in [2.24, 2.45) is 0 Å². The fraction of sp³-hybridized carbons (Fsp3) is 0.294. The van der Waals surface area contributed by atoms with Crippen LogP contribution in [0.1, 0.15) is 15.9 Å². The van der Waals surface area contributed by atoms with Crippen LogP contribution in [0.5, 0.6) is 0 Å². The molecule has 0 N–H and O–H groups in total. The Morgan fingerprint density at radius 2 is 2.00 bits per heavy atom. The van der Waals surface area contributed by atoms with Crippen molar-refractivity contribution < 1.29 is 9.21 Å². The third kappa shape index (κ3) is 3.26. The van der Waals surface area contributed by atoms with Gasteiger partial charge < -0.3 is 14.2 Å². The van der Waals surface area contributed by atoms with Crippen LogP contribution in [0.2, 0.25) is 5.15 Å². The molecule has 0 radical (unpaired) electrons. The molecule has 26 heavy (non-hydrogen) atoms. The van der Waals surface area contributed by atoms with Crippen LogP contribution in [0.3, 0.4) is 0 Å². The highest BCUT2D eigenvalue weighted by Crippen LogP contribution is 2.23. The third-order valence-corrected chi connectivity index (χ3v) is 5.35. The maximum absolute atomic E-state index is 12.7. The van der Waals surface area contributed by atoms with Crippen LogP contribution in [-0.2, 0) is 0 Å². The SMILES string of the molecule is Cc1cc(C(=O)N2CCN(c3nc4nc(Cl)ccc4o3)CC2)cnc1Br. The minimum atomic E-state index is -0.0150. The van der Waals surface area contributed by atoms with Gasteiger partial charge in [0.1, 0.15) is 9.76 Å². The Balaban J connectivity index is 1.46. The molecule has 3 aromatic heterocycles. The molecule has 1 fully saturated rings. The van der Waals surface area contributed by atoms with Crippen molar-refractivity contribution in [3.05, 3.63) is 45.3 Å². The first-order valence-electron chi connectivity index (χ1n) is 8.11. The van der Waals surface area contributed by atoms with Gasteiger partial charge >= 0.3 is 0 Å². The monoisotopic (exact) mass is 435 g/mol. The van der Waals surface area contributed by atoms with Crippen molar-refractivity contribution >= 4 is 50.7 Å². The molecule has 1 aliphatic rings. The van der Waals surface area contributed by atoms with Gasteiger partial charge in [0.25, 0.3) is 11.9 Å². The van der Waals surface area contributed by atoms with Gasteiger partial charge in [-0.1, -0.05) is 11.6 Å². The number of carbonyl (C=O) groups excluding carboxylic acids is 1. The van der Waals surface area contributed by atoms with Crippen molar-refractivity contribution in [2.45, 2.75) is 6.92 Å². The molecule has 0 atom stereocenters. The average Bonchev–Trinajstić information content (AvgIpc) is 3.06. The standard InChI is InChI=1S/C17H15BrClN5O2/c1-10-8-11(9-20-14(10)18)16(25)23-4-6-24(7-5-23)17-22-15-12(26-17)2-3-13(19)21-15/h2-3,8-9H,4-7H2,1H3. The minimum absolute atomic E-state index is 0.0150. The van der Waals surface area contributed by atoms with Crippen LogP contribution < -0.4 is 4.90 Å². The molecular weight excluding hydrogens is 422 g/mol. The summed E-state index contributed by atoms with van der Waals surface area (Å²) < 4.78 is 6.50. The fourth-order valence-electron chi connectivity index (χ4n) is 2.88. The lowest BCUT2D eigenvalue weighted by molar-refractivity contribution is 0.0744. The van der Waals surface area contributed by atoms with E-state index < -0.39 is 0 Å². The summed E-state index contributed by atoms with van der Waals surface area (Å²) in [6.07, 6.45) is 1.60. The Kier molecular flexibility index (Phi) is 4.54. The number of hydrogen-bond acceptors (Lipinski definition) is 6. The van der Waals surface area contributed by atoms with E-state index in [-0.39, 0.29) is 5.91 Å². The van der Waals surface area contributed by atoms with Crippen LogP contribution in [0.4, 0.5) is 6.01 Å². The largest absolute Gasteiger partial charge is 0.422 e. The zero-order valence-electron chi connectivity index (χ0n) is 13.9. The molecule has 0 spiro atoms. The Bertz CT molecular complexity index is 984. The lowest BCUT2D eigenvalue weighted by Gasteiger charge is -2.33. The van der Waals surface area contributed by atoms with Gasteiger partial charge in [-0.2, -0.15) is 4.98 Å². The van der Waals surface area contributed by atoms with Gasteiger partial charge in [0, 0.05) is 32.4 Å². The molecule has 7 nitrogen and oxygen atoms in total. The number of carbonyl (C=O) groups is 1. The van der Waals surface area contributed by atoms with Crippen molar-refractivity contribution in [3.8, 4) is 0 Å². The lowest BCUT2D eigenvalue weighted by Crippen LogP contribution is -2.49. The highest BCUT2D eigenvalue weighted by Gasteiger charge is 2.25. The van der Waals surface area contributed by atoms with Crippen LogP contribution >= 0.6 is 27.5 Å². The molecule has 0 aromatic carbocycles. The zero-order chi connectivity index (χ0) is 18.3. The number of aromatic nitrogens is 3. The molecule has 4 rings (SSSR count). The third-order valence-electron chi connectivity index (χ3n) is 4.31. The topological polar surface area (TPSA) is 75.4 Å². The van der Waals surface area contributed by atoms with Crippen molar-refractivity contribution in [1.29, 1.82) is 0 Å². The quantitative estimate of drug-likeness (QED) is 0.574. The number of fused-ring (bicyclic) bond motifs is 1. The van der Waals surface area contributed by atoms with Crippen molar-refractivity contribution in [1.82, 2.24) is 19.9 Å². The average molecular weight is 437 g/mol. The van der Waals surface area contributed by atoms with E-state index in [0.29, 0.717) is 54.1 Å². The van der Waals surface area contributed by atoms with E-state index in [2.05, 4.69) is 30.9 Å². The highest BCUT2D eigenvalue weighted by atomic mass is 79.9. The van der Waals surface area contributed by atoms with E-state index in [1.165, 1.54) is 0 Å². The molecule has 3 aromatic rings. The minimum Gasteiger partial charge on any atom is -0.422 e. The molecule has 0 bridgehead atoms. The molecule has 1 saturated heterocycles. The predicted molar refractivity (Wildman–Crippen MR) is 102 cm³/mol. The van der Waals surface area contributed by atoms with Crippen LogP contribution in [0, 0.1) is 6.92 Å². The lowest BCUT2D eigenvalue weighted by atomic mass is 10.2. The number of pyridine rings is 2. The van der Waals surface area contributed by atoms with E-state index >= 15 is 0 Å². The molecule has 9 heteroatoms. The van der Waals surface area contributed by atoms with E-state index in [4.69, 9.17) is 16.0 Å². The number of aryl methyl sites for hydroxylation is 1. The number of piperazine rings is 1. The van der Waals surface area contributed by atoms with Gasteiger partial charge in [-0.05, 0) is 46.6 Å². The molecule has 0 saturated carbocycles. The van der Waals surface area contributed by atoms with E-state index in [1.807, 2.05) is 22.8 Å². The second-order valence-electron chi connectivity index (χ2n) is 6.06. The van der Waals surface area contributed by atoms with Gasteiger partial charge in [0.15, 0.2) is 5.58 Å². The molecule has 0 aliphatic carbocycles. The maximum Gasteiger partial charge on any atom is 0.300 e. The Morgan fingerprint density at radius 3 is 2.73 bits per heavy atom. The first kappa shape index (κ1) is 17.2. The molecule has 134 valence electrons. The number of rotatable bonds is 2. The predicted octanol–water partition coefficient (Wildman–Crippen LogP) is 3.30. The molecule has 1 amide bonds. The van der Waals surface area contributed by atoms with Crippen molar-refractivity contribution in [2.75, 3.05) is 31.1 Å². The van der Waals surface area contributed by atoms with Crippen LogP contribution in [0.15, 0.2) is 33.4 Å². The first-order chi connectivity index (χ1) is 12.5. The summed E-state index contributed by atoms with van der Waals surface area (Å²) in [7, 11) is 0. The van der Waals surface area contributed by atoms with Crippen molar-refractivity contribution in [3.63, 3.8) is 0 Å². The number of nitrogens with zero attached hydrogens (tertiary/aromatic N) is 5. The van der Waals surface area contributed by atoms with Gasteiger partial charge in [-0.15, -0.1) is 0 Å². The molecule has 1 aliphatic heterocycles. The number of halogens is 2. The molecule has 4 heterocycles.